The molecule has 0 aliphatic carbocycles. The average Bonchev–Trinajstić information content (AvgIpc) is 3.16. The molecule has 140 valence electrons. The lowest BCUT2D eigenvalue weighted by Crippen LogP contribution is -2.00. The number of rotatable bonds is 3. The van der Waals surface area contributed by atoms with Crippen LogP contribution in [0.4, 0.5) is 4.39 Å². The van der Waals surface area contributed by atoms with Crippen molar-refractivity contribution >= 4 is 27.9 Å². The highest BCUT2D eigenvalue weighted by molar-refractivity contribution is 6.00. The van der Waals surface area contributed by atoms with Crippen molar-refractivity contribution in [3.8, 4) is 22.3 Å². The Kier molecular flexibility index (Phi) is 3.84. The van der Waals surface area contributed by atoms with E-state index >= 15 is 0 Å². The summed E-state index contributed by atoms with van der Waals surface area (Å²) < 4.78 is 14.2. The van der Waals surface area contributed by atoms with Crippen LogP contribution in [0.25, 0.3) is 44.2 Å². The molecule has 5 aromatic rings. The number of aromatic carboxylic acids is 1. The van der Waals surface area contributed by atoms with E-state index in [-0.39, 0.29) is 5.56 Å². The van der Waals surface area contributed by atoms with E-state index in [0.29, 0.717) is 11.2 Å². The van der Waals surface area contributed by atoms with Gasteiger partial charge in [0.15, 0.2) is 0 Å². The van der Waals surface area contributed by atoms with Crippen LogP contribution in [0, 0.1) is 5.82 Å². The monoisotopic (exact) mass is 383 g/mol. The largest absolute Gasteiger partial charge is 0.478 e. The Hall–Kier alpha value is -4.06. The molecule has 0 amide bonds. The lowest BCUT2D eigenvalue weighted by Gasteiger charge is -2.07. The lowest BCUT2D eigenvalue weighted by molar-refractivity contribution is 0.0692. The number of hydrogen-bond donors (Lipinski definition) is 2. The molecule has 0 radical (unpaired) electrons. The van der Waals surface area contributed by atoms with E-state index in [2.05, 4.69) is 15.0 Å². The molecule has 0 aliphatic heterocycles. The molecule has 3 aromatic heterocycles. The Balaban J connectivity index is 1.68. The summed E-state index contributed by atoms with van der Waals surface area (Å²) in [4.78, 5) is 23.1. The Labute approximate surface area is 164 Å². The lowest BCUT2D eigenvalue weighted by atomic mass is 9.99. The van der Waals surface area contributed by atoms with Crippen LogP contribution in [-0.2, 0) is 0 Å². The van der Waals surface area contributed by atoms with Crippen molar-refractivity contribution in [2.75, 3.05) is 0 Å². The first kappa shape index (κ1) is 17.1. The van der Waals surface area contributed by atoms with Gasteiger partial charge in [0.2, 0.25) is 0 Å². The zero-order valence-electron chi connectivity index (χ0n) is 15.1. The molecular formula is C23H14FN3O2. The van der Waals surface area contributed by atoms with E-state index in [0.717, 1.165) is 33.0 Å². The maximum Gasteiger partial charge on any atom is 0.338 e. The van der Waals surface area contributed by atoms with Crippen molar-refractivity contribution in [3.63, 3.8) is 0 Å². The molecule has 5 nitrogen and oxygen atoms in total. The standard InChI is InChI=1S/C23H14FN3O2/c24-20-10-13(6-7-17(20)23(28)29)19-12-27-22-18(19)9-14(11-26-22)15-3-1-5-21-16(15)4-2-8-25-21/h1-12H,(H,26,27)(H,28,29). The molecular weight excluding hydrogens is 369 g/mol. The van der Waals surface area contributed by atoms with Gasteiger partial charge in [-0.15, -0.1) is 0 Å². The van der Waals surface area contributed by atoms with Crippen LogP contribution in [0.5, 0.6) is 0 Å². The fourth-order valence-corrected chi connectivity index (χ4v) is 3.60. The normalized spacial score (nSPS) is 11.2. The van der Waals surface area contributed by atoms with Crippen molar-refractivity contribution in [1.29, 1.82) is 0 Å². The Morgan fingerprint density at radius 2 is 1.83 bits per heavy atom. The van der Waals surface area contributed by atoms with E-state index in [4.69, 9.17) is 5.11 Å². The van der Waals surface area contributed by atoms with Gasteiger partial charge in [-0.25, -0.2) is 14.2 Å². The topological polar surface area (TPSA) is 78.9 Å². The highest BCUT2D eigenvalue weighted by atomic mass is 19.1. The summed E-state index contributed by atoms with van der Waals surface area (Å²) >= 11 is 0. The number of nitrogens with zero attached hydrogens (tertiary/aromatic N) is 2. The predicted molar refractivity (Wildman–Crippen MR) is 109 cm³/mol. The van der Waals surface area contributed by atoms with Crippen molar-refractivity contribution in [1.82, 2.24) is 15.0 Å². The summed E-state index contributed by atoms with van der Waals surface area (Å²) in [5.74, 6) is -2.06. The predicted octanol–water partition coefficient (Wildman–Crippen LogP) is 5.28. The number of aromatic amines is 1. The third-order valence-electron chi connectivity index (χ3n) is 5.00. The van der Waals surface area contributed by atoms with Gasteiger partial charge in [-0.05, 0) is 41.5 Å². The van der Waals surface area contributed by atoms with Crippen LogP contribution in [0.1, 0.15) is 10.4 Å². The van der Waals surface area contributed by atoms with Gasteiger partial charge >= 0.3 is 5.97 Å². The van der Waals surface area contributed by atoms with Crippen LogP contribution in [-0.4, -0.2) is 26.0 Å². The molecule has 2 N–H and O–H groups in total. The van der Waals surface area contributed by atoms with Crippen LogP contribution in [0.15, 0.2) is 73.2 Å². The molecule has 2 aromatic carbocycles. The smallest absolute Gasteiger partial charge is 0.338 e. The van der Waals surface area contributed by atoms with Gasteiger partial charge in [-0.1, -0.05) is 24.3 Å². The maximum atomic E-state index is 14.2. The highest BCUT2D eigenvalue weighted by Gasteiger charge is 2.15. The first-order chi connectivity index (χ1) is 14.1. The molecule has 29 heavy (non-hydrogen) atoms. The molecule has 0 unspecified atom stereocenters. The summed E-state index contributed by atoms with van der Waals surface area (Å²) in [5, 5.41) is 10.9. The van der Waals surface area contributed by atoms with E-state index < -0.39 is 11.8 Å². The second-order valence-corrected chi connectivity index (χ2v) is 6.70. The number of benzene rings is 2. The molecule has 0 aliphatic rings. The van der Waals surface area contributed by atoms with E-state index in [1.165, 1.54) is 12.1 Å². The van der Waals surface area contributed by atoms with Crippen LogP contribution in [0.2, 0.25) is 0 Å². The molecule has 5 rings (SSSR count). The molecule has 6 heteroatoms. The van der Waals surface area contributed by atoms with Crippen molar-refractivity contribution < 1.29 is 14.3 Å². The fraction of sp³-hybridized carbons (Fsp3) is 0. The van der Waals surface area contributed by atoms with Gasteiger partial charge in [-0.2, -0.15) is 0 Å². The number of aromatic nitrogens is 3. The van der Waals surface area contributed by atoms with E-state index in [1.807, 2.05) is 36.4 Å². The number of H-pyrrole nitrogens is 1. The van der Waals surface area contributed by atoms with Gasteiger partial charge in [0.25, 0.3) is 0 Å². The number of nitrogens with one attached hydrogen (secondary N) is 1. The van der Waals surface area contributed by atoms with Crippen molar-refractivity contribution in [3.05, 3.63) is 84.6 Å². The Morgan fingerprint density at radius 3 is 2.66 bits per heavy atom. The molecule has 3 heterocycles. The van der Waals surface area contributed by atoms with Crippen molar-refractivity contribution in [2.24, 2.45) is 0 Å². The highest BCUT2D eigenvalue weighted by Crippen LogP contribution is 2.33. The number of hydrogen-bond acceptors (Lipinski definition) is 3. The zero-order valence-corrected chi connectivity index (χ0v) is 15.1. The van der Waals surface area contributed by atoms with E-state index in [9.17, 15) is 9.18 Å². The minimum Gasteiger partial charge on any atom is -0.478 e. The van der Waals surface area contributed by atoms with Crippen LogP contribution >= 0.6 is 0 Å². The summed E-state index contributed by atoms with van der Waals surface area (Å²) in [6.07, 6.45) is 5.30. The van der Waals surface area contributed by atoms with Gasteiger partial charge in [-0.3, -0.25) is 4.98 Å². The second-order valence-electron chi connectivity index (χ2n) is 6.70. The Bertz CT molecular complexity index is 1400. The summed E-state index contributed by atoms with van der Waals surface area (Å²) in [6.45, 7) is 0. The minimum absolute atomic E-state index is 0.351. The molecule has 0 bridgehead atoms. The summed E-state index contributed by atoms with van der Waals surface area (Å²) in [5.41, 5.74) is 4.47. The molecule has 0 saturated heterocycles. The second kappa shape index (κ2) is 6.53. The third kappa shape index (κ3) is 2.82. The number of pyridine rings is 2. The molecule has 0 saturated carbocycles. The average molecular weight is 383 g/mol. The minimum atomic E-state index is -1.29. The van der Waals surface area contributed by atoms with Gasteiger partial charge in [0.05, 0.1) is 11.1 Å². The molecule has 0 fully saturated rings. The number of carboxylic acids is 1. The van der Waals surface area contributed by atoms with E-state index in [1.54, 1.807) is 24.7 Å². The van der Waals surface area contributed by atoms with Gasteiger partial charge in [0.1, 0.15) is 11.5 Å². The number of carbonyl (C=O) groups is 1. The number of carboxylic acid groups (broad SMARTS) is 1. The first-order valence-corrected chi connectivity index (χ1v) is 8.96. The number of halogens is 1. The SMILES string of the molecule is O=C(O)c1ccc(-c2c[nH]c3ncc(-c4cccc5ncccc45)cc23)cc1F. The fourth-order valence-electron chi connectivity index (χ4n) is 3.60. The number of fused-ring (bicyclic) bond motifs is 2. The van der Waals surface area contributed by atoms with Crippen LogP contribution in [0.3, 0.4) is 0 Å². The Morgan fingerprint density at radius 1 is 0.931 bits per heavy atom. The zero-order chi connectivity index (χ0) is 20.0. The van der Waals surface area contributed by atoms with Gasteiger partial charge in [0, 0.05) is 40.5 Å². The van der Waals surface area contributed by atoms with Crippen molar-refractivity contribution in [2.45, 2.75) is 0 Å². The molecule has 0 spiro atoms. The molecule has 0 atom stereocenters. The summed E-state index contributed by atoms with van der Waals surface area (Å²) in [7, 11) is 0. The first-order valence-electron chi connectivity index (χ1n) is 8.96. The van der Waals surface area contributed by atoms with Gasteiger partial charge < -0.3 is 10.1 Å². The third-order valence-corrected chi connectivity index (χ3v) is 5.00. The maximum absolute atomic E-state index is 14.2. The van der Waals surface area contributed by atoms with Crippen LogP contribution < -0.4 is 0 Å². The quantitative estimate of drug-likeness (QED) is 0.444. The summed E-state index contributed by atoms with van der Waals surface area (Å²) in [6, 6.07) is 15.9.